The number of methoxy groups -OCH3 is 1. The smallest absolute Gasteiger partial charge is 0.347 e. The highest BCUT2D eigenvalue weighted by atomic mass is 16.7. The molecule has 0 fully saturated rings. The number of ether oxygens (including phenoxy) is 1. The first-order chi connectivity index (χ1) is 4.35. The Bertz CT molecular complexity index is 93.8. The quantitative estimate of drug-likeness (QED) is 0.320. The molecule has 0 rings (SSSR count). The van der Waals surface area contributed by atoms with Crippen LogP contribution in [0.4, 0.5) is 0 Å². The molecule has 0 radical (unpaired) electrons. The minimum atomic E-state index is 0.181. The number of nitrogens with zero attached hydrogens (tertiary/aromatic N) is 1. The number of rotatable bonds is 2. The molecule has 0 aromatic rings. The first kappa shape index (κ1) is 8.03. The second-order valence-corrected chi connectivity index (χ2v) is 1.09. The summed E-state index contributed by atoms with van der Waals surface area (Å²) in [4.78, 5) is 8.83. The van der Waals surface area contributed by atoms with Crippen LogP contribution in [0.5, 0.6) is 0 Å². The van der Waals surface area contributed by atoms with Gasteiger partial charge in [0.05, 0.1) is 14.2 Å². The predicted molar refractivity (Wildman–Crippen MR) is 31.6 cm³/mol. The second kappa shape index (κ2) is 5.17. The number of nitrogens with one attached hydrogen (secondary N) is 1. The number of oxime groups is 1. The van der Waals surface area contributed by atoms with Crippen molar-refractivity contribution in [2.75, 3.05) is 21.3 Å². The summed E-state index contributed by atoms with van der Waals surface area (Å²) < 4.78 is 4.62. The fraction of sp³-hybridized carbons (Fsp3) is 0.750. The molecule has 9 heavy (non-hydrogen) atoms. The molecule has 0 aromatic heterocycles. The Morgan fingerprint density at radius 3 is 2.33 bits per heavy atom. The molecule has 0 heterocycles. The number of hydrogen-bond donors (Lipinski definition) is 1. The van der Waals surface area contributed by atoms with Crippen LogP contribution in [0.25, 0.3) is 0 Å². The van der Waals surface area contributed by atoms with E-state index in [1.54, 1.807) is 0 Å². The van der Waals surface area contributed by atoms with Gasteiger partial charge in [0, 0.05) is 0 Å². The molecule has 0 aliphatic carbocycles. The van der Waals surface area contributed by atoms with E-state index in [9.17, 15) is 0 Å². The standard InChI is InChI=1S/C4H10N2O3/c1-7-4(5-8-2)6-9-3/h1-3H3,(H,5,6). The van der Waals surface area contributed by atoms with Crippen LogP contribution in [0, 0.1) is 0 Å². The average molecular weight is 134 g/mol. The van der Waals surface area contributed by atoms with Gasteiger partial charge in [0.2, 0.25) is 0 Å². The maximum absolute atomic E-state index is 4.62. The van der Waals surface area contributed by atoms with Crippen molar-refractivity contribution in [3.8, 4) is 0 Å². The average Bonchev–Trinajstić information content (AvgIpc) is 1.88. The van der Waals surface area contributed by atoms with Crippen molar-refractivity contribution in [1.82, 2.24) is 5.48 Å². The largest absolute Gasteiger partial charge is 0.465 e. The molecular formula is C4H10N2O3. The third-order valence-corrected chi connectivity index (χ3v) is 0.557. The summed E-state index contributed by atoms with van der Waals surface area (Å²) in [6.07, 6.45) is 0. The topological polar surface area (TPSA) is 52.1 Å². The molecule has 0 saturated carbocycles. The van der Waals surface area contributed by atoms with Crippen molar-refractivity contribution >= 4 is 6.02 Å². The van der Waals surface area contributed by atoms with E-state index in [1.807, 2.05) is 0 Å². The number of hydrogen-bond acceptors (Lipinski definition) is 4. The molecule has 0 aliphatic rings. The summed E-state index contributed by atoms with van der Waals surface area (Å²) in [5.74, 6) is 0. The van der Waals surface area contributed by atoms with Gasteiger partial charge in [0.25, 0.3) is 0 Å². The van der Waals surface area contributed by atoms with E-state index < -0.39 is 0 Å². The van der Waals surface area contributed by atoms with E-state index in [2.05, 4.69) is 25.0 Å². The minimum Gasteiger partial charge on any atom is -0.465 e. The zero-order chi connectivity index (χ0) is 7.11. The zero-order valence-corrected chi connectivity index (χ0v) is 5.67. The molecule has 0 aromatic carbocycles. The summed E-state index contributed by atoms with van der Waals surface area (Å²) in [5, 5.41) is 3.39. The van der Waals surface area contributed by atoms with Crippen LogP contribution in [-0.2, 0) is 14.4 Å². The summed E-state index contributed by atoms with van der Waals surface area (Å²) in [5.41, 5.74) is 2.34. The van der Waals surface area contributed by atoms with Gasteiger partial charge < -0.3 is 9.57 Å². The Hall–Kier alpha value is -0.970. The number of hydroxylamine groups is 1. The summed E-state index contributed by atoms with van der Waals surface area (Å²) in [6, 6.07) is 0.181. The van der Waals surface area contributed by atoms with Crippen LogP contribution in [0.15, 0.2) is 5.16 Å². The van der Waals surface area contributed by atoms with Crippen LogP contribution in [-0.4, -0.2) is 27.4 Å². The Morgan fingerprint density at radius 2 is 2.00 bits per heavy atom. The minimum absolute atomic E-state index is 0.181. The lowest BCUT2D eigenvalue weighted by Gasteiger charge is -2.02. The van der Waals surface area contributed by atoms with E-state index >= 15 is 0 Å². The molecule has 0 aliphatic heterocycles. The van der Waals surface area contributed by atoms with Gasteiger partial charge in [-0.15, -0.1) is 0 Å². The SMILES string of the molecule is CON=C(NOC)OC. The van der Waals surface area contributed by atoms with E-state index in [1.165, 1.54) is 21.3 Å². The molecule has 0 saturated heterocycles. The fourth-order valence-corrected chi connectivity index (χ4v) is 0.268. The van der Waals surface area contributed by atoms with E-state index in [4.69, 9.17) is 0 Å². The third-order valence-electron chi connectivity index (χ3n) is 0.557. The molecule has 0 unspecified atom stereocenters. The van der Waals surface area contributed by atoms with E-state index in [0.717, 1.165) is 0 Å². The Kier molecular flexibility index (Phi) is 4.61. The third kappa shape index (κ3) is 3.60. The Labute approximate surface area is 53.5 Å². The van der Waals surface area contributed by atoms with E-state index in [-0.39, 0.29) is 6.02 Å². The monoisotopic (exact) mass is 134 g/mol. The van der Waals surface area contributed by atoms with Gasteiger partial charge in [-0.25, -0.2) is 5.48 Å². The molecule has 0 amide bonds. The van der Waals surface area contributed by atoms with Gasteiger partial charge in [0.15, 0.2) is 0 Å². The lowest BCUT2D eigenvalue weighted by atomic mass is 11.2. The molecular weight excluding hydrogens is 124 g/mol. The van der Waals surface area contributed by atoms with Crippen molar-refractivity contribution < 1.29 is 14.4 Å². The Balaban J connectivity index is 3.53. The molecule has 0 bridgehead atoms. The van der Waals surface area contributed by atoms with Gasteiger partial charge in [0.1, 0.15) is 7.11 Å². The molecule has 1 N–H and O–H groups in total. The van der Waals surface area contributed by atoms with Gasteiger partial charge in [-0.05, 0) is 5.16 Å². The molecule has 0 spiro atoms. The normalized spacial score (nSPS) is 10.8. The first-order valence-corrected chi connectivity index (χ1v) is 2.29. The zero-order valence-electron chi connectivity index (χ0n) is 5.67. The van der Waals surface area contributed by atoms with Crippen molar-refractivity contribution in [2.24, 2.45) is 5.16 Å². The maximum Gasteiger partial charge on any atom is 0.347 e. The summed E-state index contributed by atoms with van der Waals surface area (Å²) in [6.45, 7) is 0. The van der Waals surface area contributed by atoms with Gasteiger partial charge in [-0.3, -0.25) is 4.84 Å². The number of amidine groups is 1. The molecule has 5 heteroatoms. The van der Waals surface area contributed by atoms with Crippen LogP contribution < -0.4 is 5.48 Å². The molecule has 0 atom stereocenters. The summed E-state index contributed by atoms with van der Waals surface area (Å²) >= 11 is 0. The Morgan fingerprint density at radius 1 is 1.33 bits per heavy atom. The highest BCUT2D eigenvalue weighted by Gasteiger charge is 1.92. The maximum atomic E-state index is 4.62. The van der Waals surface area contributed by atoms with Crippen molar-refractivity contribution in [3.63, 3.8) is 0 Å². The molecule has 5 nitrogen and oxygen atoms in total. The van der Waals surface area contributed by atoms with Crippen molar-refractivity contribution in [3.05, 3.63) is 0 Å². The second-order valence-electron chi connectivity index (χ2n) is 1.09. The molecule has 54 valence electrons. The van der Waals surface area contributed by atoms with E-state index in [0.29, 0.717) is 0 Å². The first-order valence-electron chi connectivity index (χ1n) is 2.29. The summed E-state index contributed by atoms with van der Waals surface area (Å²) in [7, 11) is 4.31. The van der Waals surface area contributed by atoms with Gasteiger partial charge in [-0.2, -0.15) is 0 Å². The van der Waals surface area contributed by atoms with Crippen LogP contribution in [0.1, 0.15) is 0 Å². The lowest BCUT2D eigenvalue weighted by molar-refractivity contribution is 0.107. The highest BCUT2D eigenvalue weighted by molar-refractivity contribution is 5.71. The van der Waals surface area contributed by atoms with Gasteiger partial charge in [-0.1, -0.05) is 0 Å². The van der Waals surface area contributed by atoms with Crippen LogP contribution >= 0.6 is 0 Å². The van der Waals surface area contributed by atoms with Gasteiger partial charge >= 0.3 is 6.02 Å². The fourth-order valence-electron chi connectivity index (χ4n) is 0.268. The highest BCUT2D eigenvalue weighted by Crippen LogP contribution is 1.74. The van der Waals surface area contributed by atoms with Crippen LogP contribution in [0.3, 0.4) is 0 Å². The lowest BCUT2D eigenvalue weighted by Crippen LogP contribution is -2.23. The van der Waals surface area contributed by atoms with Crippen LogP contribution in [0.2, 0.25) is 0 Å². The predicted octanol–water partition coefficient (Wildman–Crippen LogP) is -0.299. The van der Waals surface area contributed by atoms with Crippen molar-refractivity contribution in [1.29, 1.82) is 0 Å². The van der Waals surface area contributed by atoms with Crippen molar-refractivity contribution in [2.45, 2.75) is 0 Å².